The number of methoxy groups -OCH3 is 2. The fourth-order valence-corrected chi connectivity index (χ4v) is 14.9. The average Bonchev–Trinajstić information content (AvgIpc) is 4.12. The normalized spacial score (nSPS) is 30.6. The van der Waals surface area contributed by atoms with E-state index in [0.717, 1.165) is 36.6 Å². The topological polar surface area (TPSA) is 501 Å². The van der Waals surface area contributed by atoms with E-state index < -0.39 is 146 Å². The van der Waals surface area contributed by atoms with Crippen LogP contribution in [0.4, 0.5) is 11.8 Å². The molecule has 16 atom stereocenters. The van der Waals surface area contributed by atoms with Crippen molar-refractivity contribution in [3.63, 3.8) is 0 Å². The van der Waals surface area contributed by atoms with Crippen LogP contribution in [-0.2, 0) is 66.7 Å². The van der Waals surface area contributed by atoms with E-state index in [0.29, 0.717) is 0 Å². The summed E-state index contributed by atoms with van der Waals surface area (Å²) in [5, 5.41) is 33.0. The number of ether oxygens (including phenoxy) is 5. The number of nitrogens with two attached hydrogens (primary N) is 2. The Balaban J connectivity index is 0.959. The zero-order valence-electron chi connectivity index (χ0n) is 38.7. The van der Waals surface area contributed by atoms with Crippen LogP contribution in [0.2, 0.25) is 0 Å². The zero-order chi connectivity index (χ0) is 53.8. The lowest BCUT2D eigenvalue weighted by Gasteiger charge is -2.36. The van der Waals surface area contributed by atoms with Crippen molar-refractivity contribution < 1.29 is 99.1 Å². The second-order valence-corrected chi connectivity index (χ2v) is 24.2. The van der Waals surface area contributed by atoms with Crippen LogP contribution in [0.25, 0.3) is 22.3 Å². The third kappa shape index (κ3) is 11.4. The summed E-state index contributed by atoms with van der Waals surface area (Å²) in [7, 11) is -19.0. The molecule has 3 saturated heterocycles. The van der Waals surface area contributed by atoms with Crippen molar-refractivity contribution in [2.24, 2.45) is 13.0 Å². The Morgan fingerprint density at radius 1 is 0.797 bits per heavy atom. The van der Waals surface area contributed by atoms with Crippen molar-refractivity contribution in [3.8, 4) is 0 Å². The number of nitrogen functional groups attached to an aromatic ring is 2. The molecule has 0 amide bonds. The van der Waals surface area contributed by atoms with Gasteiger partial charge in [0.2, 0.25) is 18.5 Å². The lowest BCUT2D eigenvalue weighted by molar-refractivity contribution is -0.646. The molecule has 74 heavy (non-hydrogen) atoms. The molecular formula is C35H50N12O23P4. The molecule has 3 aliphatic rings. The summed E-state index contributed by atoms with van der Waals surface area (Å²) in [6.45, 7) is -2.16. The van der Waals surface area contributed by atoms with Gasteiger partial charge < -0.3 is 74.6 Å². The molecule has 8 rings (SSSR count). The Morgan fingerprint density at radius 3 is 2.11 bits per heavy atom. The average molecular weight is 1130 g/mol. The number of phosphoric ester groups is 2. The molecule has 3 aliphatic heterocycles. The number of imidazole rings is 2. The summed E-state index contributed by atoms with van der Waals surface area (Å²) in [5.74, 6) is -1.27. The van der Waals surface area contributed by atoms with Gasteiger partial charge in [0.25, 0.3) is 16.7 Å². The zero-order valence-corrected chi connectivity index (χ0v) is 42.3. The van der Waals surface area contributed by atoms with Gasteiger partial charge in [-0.2, -0.15) is 18.2 Å². The van der Waals surface area contributed by atoms with E-state index in [2.05, 4.69) is 33.5 Å². The molecule has 0 aromatic carbocycles. The van der Waals surface area contributed by atoms with Crippen molar-refractivity contribution in [1.82, 2.24) is 43.6 Å². The van der Waals surface area contributed by atoms with E-state index >= 15 is 0 Å². The molecule has 8 heterocycles. The number of aromatic amines is 2. The number of aromatic nitrogens is 10. The van der Waals surface area contributed by atoms with E-state index in [1.165, 1.54) is 34.2 Å². The highest BCUT2D eigenvalue weighted by Crippen LogP contribution is 2.68. The quantitative estimate of drug-likeness (QED) is 0.0250. The Kier molecular flexibility index (Phi) is 16.2. The lowest BCUT2D eigenvalue weighted by atomic mass is 9.95. The van der Waals surface area contributed by atoms with Crippen LogP contribution in [0.1, 0.15) is 31.5 Å². The first-order valence-corrected chi connectivity index (χ1v) is 28.1. The lowest BCUT2D eigenvalue weighted by Crippen LogP contribution is -2.40. The number of fused-ring (bicyclic) bond motifs is 2. The van der Waals surface area contributed by atoms with Gasteiger partial charge in [0, 0.05) is 46.4 Å². The fraction of sp³-hybridized carbons (Fsp3) is 0.600. The number of nitrogens with one attached hydrogen (secondary N) is 2. The van der Waals surface area contributed by atoms with Crippen LogP contribution in [0.5, 0.6) is 0 Å². The van der Waals surface area contributed by atoms with Gasteiger partial charge >= 0.3 is 34.7 Å². The van der Waals surface area contributed by atoms with E-state index in [9.17, 15) is 67.5 Å². The standard InChI is InChI=1S/C35H50N12O23P4/c1-44-14-47(29-21(44)30(52)43-34(37)42-29)31-22(49)15(5-8-62-2)17(67-31)10-64-72(56,57)69-74(60,61)70-73(58,59)65-11-18-26(25(63-3)33(68-18)46-13-40-20-27(36)38-12-39-28(20)46)71(54,55)9-6-16-23(50)24(51)32(66-16)45-7-4-19(48)41-35(45)53/h4,7,12-18,22-26,31-33,49-51H,5-6,8-11H2,1-3H3,(H9-,36,37,38,39,41,42,43,48,52,53,54,55,56,57,58,59,60,61)/t15-,16-,17-,18-,22-,23-,24-,25-,26-,31-,32-,33-/m1/s1. The van der Waals surface area contributed by atoms with Crippen LogP contribution in [0, 0.1) is 5.92 Å². The van der Waals surface area contributed by atoms with E-state index in [1.54, 1.807) is 0 Å². The minimum absolute atomic E-state index is 0.00505. The van der Waals surface area contributed by atoms with Gasteiger partial charge in [0.05, 0.1) is 50.6 Å². The maximum atomic E-state index is 14.4. The maximum Gasteiger partial charge on any atom is 0.490 e. The number of aliphatic hydroxyl groups is 3. The molecule has 0 aliphatic carbocycles. The summed E-state index contributed by atoms with van der Waals surface area (Å²) in [4.78, 5) is 103. The molecule has 0 saturated carbocycles. The van der Waals surface area contributed by atoms with Gasteiger partial charge in [0.1, 0.15) is 36.3 Å². The van der Waals surface area contributed by atoms with Gasteiger partial charge in [-0.25, -0.2) is 38.0 Å². The van der Waals surface area contributed by atoms with E-state index in [1.807, 2.05) is 4.98 Å². The van der Waals surface area contributed by atoms with Gasteiger partial charge in [0.15, 0.2) is 23.9 Å². The van der Waals surface area contributed by atoms with Gasteiger partial charge in [-0.1, -0.05) is 0 Å². The molecule has 4 unspecified atom stereocenters. The molecule has 5 aromatic heterocycles. The van der Waals surface area contributed by atoms with Crippen molar-refractivity contribution >= 4 is 64.9 Å². The smallest absolute Gasteiger partial charge is 0.490 e. The summed E-state index contributed by atoms with van der Waals surface area (Å²) < 4.78 is 106. The van der Waals surface area contributed by atoms with Crippen molar-refractivity contribution in [2.75, 3.05) is 51.7 Å². The van der Waals surface area contributed by atoms with E-state index in [4.69, 9.17) is 44.2 Å². The number of phosphoric acid groups is 3. The first-order chi connectivity index (χ1) is 34.7. The maximum absolute atomic E-state index is 14.4. The van der Waals surface area contributed by atoms with Gasteiger partial charge in [-0.05, 0) is 19.0 Å². The number of H-pyrrole nitrogens is 2. The van der Waals surface area contributed by atoms with Crippen LogP contribution in [0.15, 0.2) is 45.6 Å². The van der Waals surface area contributed by atoms with Crippen molar-refractivity contribution in [3.05, 3.63) is 62.4 Å². The van der Waals surface area contributed by atoms with Gasteiger partial charge in [-0.3, -0.25) is 37.7 Å². The first-order valence-electron chi connectivity index (χ1n) is 21.8. The van der Waals surface area contributed by atoms with Crippen LogP contribution < -0.4 is 37.7 Å². The molecule has 5 aromatic rings. The monoisotopic (exact) mass is 1130 g/mol. The Hall–Kier alpha value is -4.54. The predicted octanol–water partition coefficient (Wildman–Crippen LogP) is -3.69. The highest BCUT2D eigenvalue weighted by atomic mass is 31.3. The Labute approximate surface area is 413 Å². The summed E-state index contributed by atoms with van der Waals surface area (Å²) in [6, 6.07) is 0.949. The van der Waals surface area contributed by atoms with Gasteiger partial charge in [-0.15, -0.1) is 0 Å². The molecule has 0 spiro atoms. The molecule has 12 N–H and O–H groups in total. The summed E-state index contributed by atoms with van der Waals surface area (Å²) in [6.07, 6.45) is -12.2. The fourth-order valence-electron chi connectivity index (χ4n) is 9.06. The molecule has 0 bridgehead atoms. The predicted molar refractivity (Wildman–Crippen MR) is 242 cm³/mol. The summed E-state index contributed by atoms with van der Waals surface area (Å²) >= 11 is 0. The molecule has 39 heteroatoms. The number of rotatable bonds is 21. The summed E-state index contributed by atoms with van der Waals surface area (Å²) in [5.41, 5.74) is 7.56. The minimum Gasteiger partial charge on any atom is -0.799 e. The third-order valence-corrected chi connectivity index (χ3v) is 19.0. The first kappa shape index (κ1) is 55.7. The number of hydrogen-bond acceptors (Lipinski definition) is 26. The molecular weight excluding hydrogens is 1080 g/mol. The highest BCUT2D eigenvalue weighted by molar-refractivity contribution is 7.66. The van der Waals surface area contributed by atoms with E-state index in [-0.39, 0.29) is 47.1 Å². The second kappa shape index (κ2) is 21.5. The number of hydrogen-bond donors (Lipinski definition) is 10. The highest BCUT2D eigenvalue weighted by Gasteiger charge is 2.54. The molecule has 408 valence electrons. The number of nitrogens with zero attached hydrogens (tertiary/aromatic N) is 8. The van der Waals surface area contributed by atoms with Crippen LogP contribution >= 0.6 is 30.8 Å². The molecule has 35 nitrogen and oxygen atoms in total. The Bertz CT molecular complexity index is 3260. The number of aliphatic hydroxyl groups excluding tert-OH is 3. The third-order valence-electron chi connectivity index (χ3n) is 12.3. The largest absolute Gasteiger partial charge is 0.799 e. The molecule has 3 fully saturated rings. The second-order valence-electron chi connectivity index (χ2n) is 17.1. The van der Waals surface area contributed by atoms with Crippen LogP contribution in [-0.4, -0.2) is 162 Å². The minimum atomic E-state index is -6.18. The SMILES string of the molecule is COCC[C@H]1[C@@H](O)[C@H](n2c[n+](C)c3c(=O)[nH]c(N)nc32)O[C@@H]1COP(=O)(O)OP(=O)(O)OP(=O)(O)OC[C@H]1O[C@@H](n2cnc3c(N)ncnc32)[C@H](OC)[C@@H]1P(=O)([O-])CC[C@H]1O[C@@H](n2ccc(=O)[nH]c2=O)[C@H](O)[C@@H]1O. The number of anilines is 2. The van der Waals surface area contributed by atoms with Crippen molar-refractivity contribution in [2.45, 2.75) is 79.9 Å². The van der Waals surface area contributed by atoms with Crippen molar-refractivity contribution in [1.29, 1.82) is 0 Å². The Morgan fingerprint density at radius 2 is 1.45 bits per heavy atom. The number of aryl methyl sites for hydroxylation is 1. The van der Waals surface area contributed by atoms with Crippen LogP contribution in [0.3, 0.4) is 0 Å². The molecule has 0 radical (unpaired) electrons.